The third-order valence-electron chi connectivity index (χ3n) is 2.10. The molecule has 0 aromatic rings. The van der Waals surface area contributed by atoms with Crippen LogP contribution in [0, 0.1) is 0 Å². The Kier molecular flexibility index (Phi) is 5.52. The zero-order valence-corrected chi connectivity index (χ0v) is 10.8. The van der Waals surface area contributed by atoms with Crippen molar-refractivity contribution in [2.45, 2.75) is 13.8 Å². The minimum Gasteiger partial charge on any atom is -0.450 e. The van der Waals surface area contributed by atoms with E-state index in [2.05, 4.69) is 13.2 Å². The minimum absolute atomic E-state index is 0.617. The molecule has 0 atom stereocenters. The van der Waals surface area contributed by atoms with Crippen molar-refractivity contribution in [3.8, 4) is 0 Å². The SMILES string of the molecule is C=C/C=C1/OC(/C=C\C)=C(/C=C\C)O/C1=C/C=C. The van der Waals surface area contributed by atoms with E-state index in [9.17, 15) is 0 Å². The number of hydrogen-bond acceptors (Lipinski definition) is 2. The smallest absolute Gasteiger partial charge is 0.170 e. The van der Waals surface area contributed by atoms with E-state index in [1.165, 1.54) is 0 Å². The van der Waals surface area contributed by atoms with Crippen molar-refractivity contribution >= 4 is 0 Å². The summed E-state index contributed by atoms with van der Waals surface area (Å²) in [6, 6.07) is 0. The molecule has 2 heteroatoms. The fraction of sp³-hybridized carbons (Fsp3) is 0.125. The lowest BCUT2D eigenvalue weighted by Gasteiger charge is -2.22. The topological polar surface area (TPSA) is 18.5 Å². The van der Waals surface area contributed by atoms with Crippen molar-refractivity contribution in [2.75, 3.05) is 0 Å². The lowest BCUT2D eigenvalue weighted by Crippen LogP contribution is -2.09. The molecular weight excluding hydrogens is 224 g/mol. The highest BCUT2D eigenvalue weighted by Crippen LogP contribution is 2.30. The van der Waals surface area contributed by atoms with Crippen LogP contribution in [0.4, 0.5) is 0 Å². The molecule has 0 unspecified atom stereocenters. The molecule has 0 aliphatic carbocycles. The lowest BCUT2D eigenvalue weighted by molar-refractivity contribution is 0.188. The first-order chi connectivity index (χ1) is 8.76. The fourth-order valence-corrected chi connectivity index (χ4v) is 1.42. The Hall–Kier alpha value is -2.22. The summed E-state index contributed by atoms with van der Waals surface area (Å²) in [4.78, 5) is 0. The molecule has 1 aliphatic rings. The van der Waals surface area contributed by atoms with Gasteiger partial charge in [-0.25, -0.2) is 0 Å². The highest BCUT2D eigenvalue weighted by Gasteiger charge is 2.20. The molecule has 0 radical (unpaired) electrons. The van der Waals surface area contributed by atoms with Crippen molar-refractivity contribution in [2.24, 2.45) is 0 Å². The van der Waals surface area contributed by atoms with Crippen LogP contribution in [0.2, 0.25) is 0 Å². The van der Waals surface area contributed by atoms with Gasteiger partial charge in [-0.15, -0.1) is 0 Å². The van der Waals surface area contributed by atoms with Crippen LogP contribution < -0.4 is 0 Å². The summed E-state index contributed by atoms with van der Waals surface area (Å²) >= 11 is 0. The summed E-state index contributed by atoms with van der Waals surface area (Å²) < 4.78 is 11.6. The van der Waals surface area contributed by atoms with Crippen LogP contribution in [-0.4, -0.2) is 0 Å². The zero-order valence-electron chi connectivity index (χ0n) is 10.8. The summed E-state index contributed by atoms with van der Waals surface area (Å²) in [7, 11) is 0. The standard InChI is InChI=1S/C16H18O2/c1-5-9-13-14(10-6-2)18-16(12-8-4)15(17-13)11-7-3/h5-12H,1-2H2,3-4H3/b11-7-,12-8-,13-9+,14-10+. The molecule has 1 aliphatic heterocycles. The monoisotopic (exact) mass is 242 g/mol. The van der Waals surface area contributed by atoms with Crippen LogP contribution in [-0.2, 0) is 9.47 Å². The quantitative estimate of drug-likeness (QED) is 0.720. The molecule has 0 fully saturated rings. The maximum atomic E-state index is 5.79. The molecule has 0 aromatic carbocycles. The summed E-state index contributed by atoms with van der Waals surface area (Å²) in [5.41, 5.74) is 0. The van der Waals surface area contributed by atoms with Crippen molar-refractivity contribution in [1.29, 1.82) is 0 Å². The van der Waals surface area contributed by atoms with E-state index in [1.54, 1.807) is 24.3 Å². The van der Waals surface area contributed by atoms with E-state index in [4.69, 9.17) is 9.47 Å². The third-order valence-corrected chi connectivity index (χ3v) is 2.10. The molecule has 1 rings (SSSR count). The van der Waals surface area contributed by atoms with Crippen LogP contribution in [0.3, 0.4) is 0 Å². The first-order valence-electron chi connectivity index (χ1n) is 5.78. The third kappa shape index (κ3) is 3.39. The average molecular weight is 242 g/mol. The second-order valence-electron chi connectivity index (χ2n) is 3.47. The molecule has 1 heterocycles. The van der Waals surface area contributed by atoms with Crippen LogP contribution >= 0.6 is 0 Å². The molecule has 94 valence electrons. The summed E-state index contributed by atoms with van der Waals surface area (Å²) in [5.74, 6) is 2.58. The Balaban J connectivity index is 3.25. The largest absolute Gasteiger partial charge is 0.450 e. The molecule has 0 amide bonds. The molecular formula is C16H18O2. The second-order valence-corrected chi connectivity index (χ2v) is 3.47. The van der Waals surface area contributed by atoms with Gasteiger partial charge in [-0.05, 0) is 38.2 Å². The molecule has 2 nitrogen and oxygen atoms in total. The summed E-state index contributed by atoms with van der Waals surface area (Å²) in [6.45, 7) is 11.2. The van der Waals surface area contributed by atoms with Crippen LogP contribution in [0.1, 0.15) is 13.8 Å². The van der Waals surface area contributed by atoms with Crippen molar-refractivity contribution in [1.82, 2.24) is 0 Å². The minimum atomic E-state index is 0.617. The van der Waals surface area contributed by atoms with Crippen LogP contribution in [0.15, 0.2) is 84.8 Å². The Labute approximate surface area is 109 Å². The van der Waals surface area contributed by atoms with Crippen molar-refractivity contribution in [3.63, 3.8) is 0 Å². The molecule has 18 heavy (non-hydrogen) atoms. The maximum absolute atomic E-state index is 5.79. The van der Waals surface area contributed by atoms with Gasteiger partial charge < -0.3 is 9.47 Å². The average Bonchev–Trinajstić information content (AvgIpc) is 2.35. The lowest BCUT2D eigenvalue weighted by atomic mass is 10.2. The Morgan fingerprint density at radius 3 is 1.44 bits per heavy atom. The van der Waals surface area contributed by atoms with Crippen LogP contribution in [0.5, 0.6) is 0 Å². The van der Waals surface area contributed by atoms with Gasteiger partial charge in [-0.3, -0.25) is 0 Å². The molecule has 0 saturated heterocycles. The van der Waals surface area contributed by atoms with Gasteiger partial charge in [0, 0.05) is 0 Å². The summed E-state index contributed by atoms with van der Waals surface area (Å²) in [6.07, 6.45) is 14.3. The van der Waals surface area contributed by atoms with Gasteiger partial charge in [0.25, 0.3) is 0 Å². The molecule has 0 bridgehead atoms. The number of hydrogen-bond donors (Lipinski definition) is 0. The predicted octanol–water partition coefficient (Wildman–Crippen LogP) is 4.54. The van der Waals surface area contributed by atoms with Gasteiger partial charge >= 0.3 is 0 Å². The van der Waals surface area contributed by atoms with Crippen molar-refractivity contribution < 1.29 is 9.47 Å². The number of allylic oxidation sites excluding steroid dienone is 8. The second kappa shape index (κ2) is 7.17. The molecule has 0 saturated carbocycles. The normalized spacial score (nSPS) is 20.6. The van der Waals surface area contributed by atoms with Gasteiger partial charge in [-0.1, -0.05) is 37.5 Å². The van der Waals surface area contributed by atoms with E-state index in [0.29, 0.717) is 23.0 Å². The molecule has 0 aromatic heterocycles. The predicted molar refractivity (Wildman–Crippen MR) is 75.4 cm³/mol. The van der Waals surface area contributed by atoms with E-state index < -0.39 is 0 Å². The van der Waals surface area contributed by atoms with Crippen LogP contribution in [0.25, 0.3) is 0 Å². The van der Waals surface area contributed by atoms with Gasteiger partial charge in [0.15, 0.2) is 23.0 Å². The fourth-order valence-electron chi connectivity index (χ4n) is 1.42. The molecule has 0 N–H and O–H groups in total. The van der Waals surface area contributed by atoms with Gasteiger partial charge in [-0.2, -0.15) is 0 Å². The van der Waals surface area contributed by atoms with Gasteiger partial charge in [0.05, 0.1) is 0 Å². The zero-order chi connectivity index (χ0) is 13.4. The number of ether oxygens (including phenoxy) is 2. The molecule has 0 spiro atoms. The number of rotatable bonds is 4. The van der Waals surface area contributed by atoms with Crippen molar-refractivity contribution in [3.05, 3.63) is 84.8 Å². The van der Waals surface area contributed by atoms with E-state index >= 15 is 0 Å². The Bertz CT molecular complexity index is 427. The highest BCUT2D eigenvalue weighted by atomic mass is 16.6. The highest BCUT2D eigenvalue weighted by molar-refractivity contribution is 5.38. The maximum Gasteiger partial charge on any atom is 0.170 e. The first kappa shape index (κ1) is 13.8. The summed E-state index contributed by atoms with van der Waals surface area (Å²) in [5, 5.41) is 0. The first-order valence-corrected chi connectivity index (χ1v) is 5.78. The van der Waals surface area contributed by atoms with E-state index in [0.717, 1.165) is 0 Å². The van der Waals surface area contributed by atoms with E-state index in [-0.39, 0.29) is 0 Å². The Morgan fingerprint density at radius 1 is 0.778 bits per heavy atom. The Morgan fingerprint density at radius 2 is 1.17 bits per heavy atom. The van der Waals surface area contributed by atoms with E-state index in [1.807, 2.05) is 38.2 Å². The van der Waals surface area contributed by atoms with Gasteiger partial charge in [0.2, 0.25) is 0 Å². The van der Waals surface area contributed by atoms with Gasteiger partial charge in [0.1, 0.15) is 0 Å².